The Balaban J connectivity index is 1.40. The summed E-state index contributed by atoms with van der Waals surface area (Å²) in [7, 11) is 0. The molecule has 4 rings (SSSR count). The van der Waals surface area contributed by atoms with E-state index in [-0.39, 0.29) is 0 Å². The van der Waals surface area contributed by atoms with Gasteiger partial charge in [0.2, 0.25) is 5.76 Å². The van der Waals surface area contributed by atoms with Gasteiger partial charge in [0.25, 0.3) is 0 Å². The van der Waals surface area contributed by atoms with Gasteiger partial charge in [-0.3, -0.25) is 4.90 Å². The number of furan rings is 1. The summed E-state index contributed by atoms with van der Waals surface area (Å²) in [5.41, 5.74) is 0.630. The van der Waals surface area contributed by atoms with Crippen molar-refractivity contribution in [1.82, 2.24) is 9.88 Å². The van der Waals surface area contributed by atoms with Crippen molar-refractivity contribution in [2.45, 2.75) is 37.8 Å². The number of ether oxygens (including phenoxy) is 1. The minimum atomic E-state index is 0.306. The lowest BCUT2D eigenvalue weighted by Gasteiger charge is -2.39. The average molecular weight is 405 g/mol. The van der Waals surface area contributed by atoms with E-state index in [1.54, 1.807) is 12.3 Å². The van der Waals surface area contributed by atoms with Crippen molar-refractivity contribution in [2.75, 3.05) is 31.6 Å². The summed E-state index contributed by atoms with van der Waals surface area (Å²) < 4.78 is 11.7. The zero-order valence-electron chi connectivity index (χ0n) is 14.0. The molecule has 2 aromatic heterocycles. The van der Waals surface area contributed by atoms with Gasteiger partial charge < -0.3 is 14.5 Å². The second kappa shape index (κ2) is 7.32. The van der Waals surface area contributed by atoms with Crippen molar-refractivity contribution in [3.8, 4) is 6.07 Å². The number of morpholine rings is 1. The Hall–Kier alpha value is -1.62. The van der Waals surface area contributed by atoms with E-state index in [0.29, 0.717) is 23.4 Å². The van der Waals surface area contributed by atoms with Crippen molar-refractivity contribution in [3.63, 3.8) is 0 Å². The highest BCUT2D eigenvalue weighted by atomic mass is 79.9. The molecule has 7 heteroatoms. The van der Waals surface area contributed by atoms with E-state index in [9.17, 15) is 0 Å². The molecule has 0 atom stereocenters. The summed E-state index contributed by atoms with van der Waals surface area (Å²) in [6.07, 6.45) is 6.39. The van der Waals surface area contributed by atoms with Crippen LogP contribution < -0.4 is 5.32 Å². The number of hydrogen-bond acceptors (Lipinski definition) is 6. The molecular formula is C18H21BrN4O2. The second-order valence-electron chi connectivity index (χ2n) is 6.72. The lowest BCUT2D eigenvalue weighted by Crippen LogP contribution is -2.46. The molecule has 25 heavy (non-hydrogen) atoms. The fourth-order valence-electron chi connectivity index (χ4n) is 3.86. The SMILES string of the molecule is N#Cc1cc2c(Br)c(NC3CCC(N4CCOCC4)CC3)ncc2o1. The van der Waals surface area contributed by atoms with Gasteiger partial charge in [-0.25, -0.2) is 4.98 Å². The Bertz CT molecular complexity index is 786. The Morgan fingerprint density at radius 3 is 2.72 bits per heavy atom. The van der Waals surface area contributed by atoms with E-state index >= 15 is 0 Å². The van der Waals surface area contributed by atoms with Gasteiger partial charge in [-0.1, -0.05) is 0 Å². The molecule has 2 aromatic rings. The number of hydrogen-bond donors (Lipinski definition) is 1. The standard InChI is InChI=1S/C18H21BrN4O2/c19-17-15-9-14(10-20)25-16(15)11-21-18(17)22-12-1-3-13(4-2-12)23-5-7-24-8-6-23/h9,11-13H,1-8H2,(H,21,22). The third-order valence-electron chi connectivity index (χ3n) is 5.23. The summed E-state index contributed by atoms with van der Waals surface area (Å²) in [5.74, 6) is 1.13. The number of nitriles is 1. The molecule has 1 aliphatic carbocycles. The van der Waals surface area contributed by atoms with Crippen molar-refractivity contribution in [2.24, 2.45) is 0 Å². The van der Waals surface area contributed by atoms with Crippen LogP contribution in [-0.4, -0.2) is 48.3 Å². The van der Waals surface area contributed by atoms with Gasteiger partial charge in [-0.05, 0) is 41.6 Å². The quantitative estimate of drug-likeness (QED) is 0.843. The highest BCUT2D eigenvalue weighted by Gasteiger charge is 2.27. The third-order valence-corrected chi connectivity index (χ3v) is 6.03. The largest absolute Gasteiger partial charge is 0.444 e. The first-order chi connectivity index (χ1) is 12.2. The van der Waals surface area contributed by atoms with Crippen LogP contribution in [0.3, 0.4) is 0 Å². The van der Waals surface area contributed by atoms with Crippen LogP contribution in [0.15, 0.2) is 21.2 Å². The van der Waals surface area contributed by atoms with Gasteiger partial charge in [0.05, 0.1) is 23.9 Å². The summed E-state index contributed by atoms with van der Waals surface area (Å²) in [5, 5.41) is 13.4. The van der Waals surface area contributed by atoms with E-state index < -0.39 is 0 Å². The number of nitrogens with zero attached hydrogens (tertiary/aromatic N) is 3. The molecule has 0 bridgehead atoms. The lowest BCUT2D eigenvalue weighted by atomic mass is 9.90. The maximum Gasteiger partial charge on any atom is 0.204 e. The van der Waals surface area contributed by atoms with Crippen LogP contribution in [0.5, 0.6) is 0 Å². The summed E-state index contributed by atoms with van der Waals surface area (Å²) in [4.78, 5) is 7.05. The highest BCUT2D eigenvalue weighted by Crippen LogP contribution is 2.33. The smallest absolute Gasteiger partial charge is 0.204 e. The molecule has 0 unspecified atom stereocenters. The summed E-state index contributed by atoms with van der Waals surface area (Å²) in [6.45, 7) is 3.86. The second-order valence-corrected chi connectivity index (χ2v) is 7.51. The number of aromatic nitrogens is 1. The van der Waals surface area contributed by atoms with Crippen molar-refractivity contribution in [3.05, 3.63) is 22.5 Å². The van der Waals surface area contributed by atoms with Crippen LogP contribution >= 0.6 is 15.9 Å². The molecule has 2 aliphatic rings. The molecule has 0 amide bonds. The molecule has 2 fully saturated rings. The maximum atomic E-state index is 8.99. The van der Waals surface area contributed by atoms with Gasteiger partial charge in [0.1, 0.15) is 11.9 Å². The van der Waals surface area contributed by atoms with Crippen LogP contribution in [-0.2, 0) is 4.74 Å². The molecule has 1 saturated carbocycles. The van der Waals surface area contributed by atoms with Crippen LogP contribution in [0.2, 0.25) is 0 Å². The Morgan fingerprint density at radius 1 is 1.24 bits per heavy atom. The minimum absolute atomic E-state index is 0.306. The lowest BCUT2D eigenvalue weighted by molar-refractivity contribution is 0.00790. The molecule has 3 heterocycles. The summed E-state index contributed by atoms with van der Waals surface area (Å²) in [6, 6.07) is 4.90. The van der Waals surface area contributed by atoms with E-state index in [4.69, 9.17) is 14.4 Å². The molecule has 0 aromatic carbocycles. The molecule has 6 nitrogen and oxygen atoms in total. The van der Waals surface area contributed by atoms with E-state index in [0.717, 1.165) is 54.8 Å². The molecular weight excluding hydrogens is 384 g/mol. The van der Waals surface area contributed by atoms with E-state index in [1.165, 1.54) is 12.8 Å². The molecule has 1 aliphatic heterocycles. The number of halogens is 1. The van der Waals surface area contributed by atoms with E-state index in [2.05, 4.69) is 31.1 Å². The minimum Gasteiger partial charge on any atom is -0.444 e. The maximum absolute atomic E-state index is 8.99. The van der Waals surface area contributed by atoms with Crippen molar-refractivity contribution in [1.29, 1.82) is 5.26 Å². The average Bonchev–Trinajstić information content (AvgIpc) is 3.10. The van der Waals surface area contributed by atoms with Gasteiger partial charge in [-0.15, -0.1) is 0 Å². The monoisotopic (exact) mass is 404 g/mol. The number of nitrogens with one attached hydrogen (secondary N) is 1. The predicted octanol–water partition coefficient (Wildman–Crippen LogP) is 3.52. The van der Waals surface area contributed by atoms with Crippen LogP contribution in [0.1, 0.15) is 31.4 Å². The van der Waals surface area contributed by atoms with Gasteiger partial charge in [0.15, 0.2) is 5.58 Å². The molecule has 0 radical (unpaired) electrons. The Kier molecular flexibility index (Phi) is 4.93. The zero-order valence-corrected chi connectivity index (χ0v) is 15.6. The topological polar surface area (TPSA) is 74.3 Å². The van der Waals surface area contributed by atoms with Gasteiger partial charge >= 0.3 is 0 Å². The molecule has 1 saturated heterocycles. The zero-order chi connectivity index (χ0) is 17.2. The van der Waals surface area contributed by atoms with Crippen LogP contribution in [0.4, 0.5) is 5.82 Å². The normalized spacial score (nSPS) is 25.0. The first-order valence-electron chi connectivity index (χ1n) is 8.81. The third kappa shape index (κ3) is 3.52. The van der Waals surface area contributed by atoms with Crippen LogP contribution in [0, 0.1) is 11.3 Å². The number of rotatable bonds is 3. The van der Waals surface area contributed by atoms with Crippen LogP contribution in [0.25, 0.3) is 11.0 Å². The van der Waals surface area contributed by atoms with Crippen molar-refractivity contribution >= 4 is 32.7 Å². The van der Waals surface area contributed by atoms with Crippen molar-refractivity contribution < 1.29 is 9.15 Å². The van der Waals surface area contributed by atoms with Gasteiger partial charge in [-0.2, -0.15) is 5.26 Å². The van der Waals surface area contributed by atoms with E-state index in [1.807, 2.05) is 6.07 Å². The first kappa shape index (κ1) is 16.8. The predicted molar refractivity (Wildman–Crippen MR) is 98.5 cm³/mol. The first-order valence-corrected chi connectivity index (χ1v) is 9.60. The number of pyridine rings is 1. The number of anilines is 1. The molecule has 0 spiro atoms. The summed E-state index contributed by atoms with van der Waals surface area (Å²) >= 11 is 3.61. The Morgan fingerprint density at radius 2 is 2.00 bits per heavy atom. The Labute approximate surface area is 155 Å². The van der Waals surface area contributed by atoms with Gasteiger partial charge in [0, 0.05) is 36.6 Å². The fraction of sp³-hybridized carbons (Fsp3) is 0.556. The molecule has 1 N–H and O–H groups in total. The molecule has 132 valence electrons. The highest BCUT2D eigenvalue weighted by molar-refractivity contribution is 9.10. The fourth-order valence-corrected chi connectivity index (χ4v) is 4.38. The number of fused-ring (bicyclic) bond motifs is 1.